The number of guanidine groups is 1. The second-order valence-electron chi connectivity index (χ2n) is 6.20. The van der Waals surface area contributed by atoms with E-state index in [0.29, 0.717) is 12.5 Å². The van der Waals surface area contributed by atoms with Crippen LogP contribution in [0.5, 0.6) is 5.75 Å². The number of hydrogen-bond donors (Lipinski definition) is 3. The zero-order valence-corrected chi connectivity index (χ0v) is 16.4. The Hall–Kier alpha value is -3.02. The van der Waals surface area contributed by atoms with Crippen LogP contribution in [0.3, 0.4) is 0 Å². The maximum atomic E-state index is 12.2. The Balaban J connectivity index is 1.85. The van der Waals surface area contributed by atoms with E-state index in [1.165, 1.54) is 5.56 Å². The Labute approximate surface area is 161 Å². The van der Waals surface area contributed by atoms with Crippen molar-refractivity contribution < 1.29 is 9.53 Å². The van der Waals surface area contributed by atoms with Crippen molar-refractivity contribution in [1.29, 1.82) is 0 Å². The third kappa shape index (κ3) is 6.33. The van der Waals surface area contributed by atoms with Gasteiger partial charge in [0.1, 0.15) is 5.75 Å². The molecule has 6 heteroatoms. The van der Waals surface area contributed by atoms with Crippen LogP contribution in [-0.2, 0) is 17.8 Å². The first-order valence-corrected chi connectivity index (χ1v) is 9.02. The predicted octanol–water partition coefficient (Wildman–Crippen LogP) is 2.87. The zero-order valence-electron chi connectivity index (χ0n) is 16.4. The molecule has 0 spiro atoms. The first-order chi connectivity index (χ1) is 13.0. The number of benzene rings is 2. The Kier molecular flexibility index (Phi) is 7.67. The highest BCUT2D eigenvalue weighted by atomic mass is 16.5. The molecule has 0 atom stereocenters. The summed E-state index contributed by atoms with van der Waals surface area (Å²) in [6.45, 7) is 4.78. The molecule has 2 aromatic carbocycles. The summed E-state index contributed by atoms with van der Waals surface area (Å²) in [5.41, 5.74) is 4.15. The largest absolute Gasteiger partial charge is 0.496 e. The van der Waals surface area contributed by atoms with Crippen LogP contribution >= 0.6 is 0 Å². The number of rotatable bonds is 7. The number of hydrogen-bond acceptors (Lipinski definition) is 3. The van der Waals surface area contributed by atoms with Gasteiger partial charge >= 0.3 is 0 Å². The standard InChI is InChI=1S/C21H28N4O2/c1-5-16-7-6-8-18(12-16)25-20(26)14-24-21(22-3)23-13-17-10-9-15(2)11-19(17)27-4/h6-12H,5,13-14H2,1-4H3,(H,25,26)(H2,22,23,24). The summed E-state index contributed by atoms with van der Waals surface area (Å²) in [7, 11) is 3.33. The zero-order chi connectivity index (χ0) is 19.6. The first kappa shape index (κ1) is 20.3. The van der Waals surface area contributed by atoms with E-state index in [9.17, 15) is 4.79 Å². The van der Waals surface area contributed by atoms with E-state index >= 15 is 0 Å². The quantitative estimate of drug-likeness (QED) is 0.519. The summed E-state index contributed by atoms with van der Waals surface area (Å²) in [5, 5.41) is 9.11. The van der Waals surface area contributed by atoms with Crippen LogP contribution in [0.4, 0.5) is 5.69 Å². The van der Waals surface area contributed by atoms with E-state index in [4.69, 9.17) is 4.74 Å². The fourth-order valence-corrected chi connectivity index (χ4v) is 2.64. The third-order valence-electron chi connectivity index (χ3n) is 4.15. The number of nitrogens with zero attached hydrogens (tertiary/aromatic N) is 1. The summed E-state index contributed by atoms with van der Waals surface area (Å²) in [6, 6.07) is 13.9. The van der Waals surface area contributed by atoms with Gasteiger partial charge in [-0.05, 0) is 42.7 Å². The van der Waals surface area contributed by atoms with Gasteiger partial charge in [0.2, 0.25) is 5.91 Å². The summed E-state index contributed by atoms with van der Waals surface area (Å²) in [4.78, 5) is 16.3. The summed E-state index contributed by atoms with van der Waals surface area (Å²) < 4.78 is 5.41. The molecular weight excluding hydrogens is 340 g/mol. The lowest BCUT2D eigenvalue weighted by molar-refractivity contribution is -0.115. The van der Waals surface area contributed by atoms with Crippen LogP contribution in [0.15, 0.2) is 47.5 Å². The molecule has 0 heterocycles. The van der Waals surface area contributed by atoms with Crippen molar-refractivity contribution in [2.75, 3.05) is 26.0 Å². The molecule has 0 saturated carbocycles. The van der Waals surface area contributed by atoms with E-state index < -0.39 is 0 Å². The highest BCUT2D eigenvalue weighted by Gasteiger charge is 2.07. The van der Waals surface area contributed by atoms with Gasteiger partial charge in [-0.3, -0.25) is 9.79 Å². The van der Waals surface area contributed by atoms with Gasteiger partial charge < -0.3 is 20.7 Å². The van der Waals surface area contributed by atoms with Gasteiger partial charge in [0.25, 0.3) is 0 Å². The summed E-state index contributed by atoms with van der Waals surface area (Å²) in [5.74, 6) is 1.25. The van der Waals surface area contributed by atoms with E-state index in [1.807, 2.05) is 49.4 Å². The number of ether oxygens (including phenoxy) is 1. The number of anilines is 1. The van der Waals surface area contributed by atoms with Gasteiger partial charge in [0.15, 0.2) is 5.96 Å². The molecule has 0 saturated heterocycles. The summed E-state index contributed by atoms with van der Waals surface area (Å²) >= 11 is 0. The molecule has 3 N–H and O–H groups in total. The minimum absolute atomic E-state index is 0.126. The minimum Gasteiger partial charge on any atom is -0.496 e. The fraction of sp³-hybridized carbons (Fsp3) is 0.333. The molecule has 0 aliphatic heterocycles. The number of amides is 1. The molecule has 0 fully saturated rings. The molecule has 2 rings (SSSR count). The van der Waals surface area contributed by atoms with Crippen molar-refractivity contribution in [2.24, 2.45) is 4.99 Å². The van der Waals surface area contributed by atoms with Gasteiger partial charge in [0.05, 0.1) is 13.7 Å². The molecule has 0 bridgehead atoms. The van der Waals surface area contributed by atoms with Gasteiger partial charge in [-0.15, -0.1) is 0 Å². The van der Waals surface area contributed by atoms with E-state index in [0.717, 1.165) is 29.0 Å². The van der Waals surface area contributed by atoms with E-state index in [1.54, 1.807) is 14.2 Å². The van der Waals surface area contributed by atoms with Crippen molar-refractivity contribution in [1.82, 2.24) is 10.6 Å². The SMILES string of the molecule is CCc1cccc(NC(=O)CNC(=NC)NCc2ccc(C)cc2OC)c1. The molecule has 0 unspecified atom stereocenters. The minimum atomic E-state index is -0.126. The molecule has 1 amide bonds. The summed E-state index contributed by atoms with van der Waals surface area (Å²) in [6.07, 6.45) is 0.932. The first-order valence-electron chi connectivity index (χ1n) is 9.02. The van der Waals surface area contributed by atoms with Gasteiger partial charge in [0, 0.05) is 24.8 Å². The molecule has 144 valence electrons. The molecule has 0 aliphatic rings. The van der Waals surface area contributed by atoms with Crippen LogP contribution in [0.1, 0.15) is 23.6 Å². The molecule has 27 heavy (non-hydrogen) atoms. The van der Waals surface area contributed by atoms with Crippen LogP contribution in [0.25, 0.3) is 0 Å². The molecule has 2 aromatic rings. The van der Waals surface area contributed by atoms with Crippen molar-refractivity contribution in [2.45, 2.75) is 26.8 Å². The number of methoxy groups -OCH3 is 1. The second-order valence-corrected chi connectivity index (χ2v) is 6.20. The predicted molar refractivity (Wildman–Crippen MR) is 110 cm³/mol. The van der Waals surface area contributed by atoms with Gasteiger partial charge in [-0.25, -0.2) is 0 Å². The maximum absolute atomic E-state index is 12.2. The van der Waals surface area contributed by atoms with Crippen LogP contribution in [0.2, 0.25) is 0 Å². The lowest BCUT2D eigenvalue weighted by atomic mass is 10.1. The Morgan fingerprint density at radius 2 is 1.96 bits per heavy atom. The Morgan fingerprint density at radius 1 is 1.15 bits per heavy atom. The van der Waals surface area contributed by atoms with E-state index in [-0.39, 0.29) is 12.5 Å². The molecule has 0 aliphatic carbocycles. The van der Waals surface area contributed by atoms with Crippen molar-refractivity contribution >= 4 is 17.6 Å². The van der Waals surface area contributed by atoms with Crippen LogP contribution < -0.4 is 20.7 Å². The van der Waals surface area contributed by atoms with Crippen molar-refractivity contribution in [3.63, 3.8) is 0 Å². The van der Waals surface area contributed by atoms with Gasteiger partial charge in [-0.2, -0.15) is 0 Å². The lowest BCUT2D eigenvalue weighted by Gasteiger charge is -2.14. The monoisotopic (exact) mass is 368 g/mol. The number of carbonyl (C=O) groups is 1. The number of nitrogens with one attached hydrogen (secondary N) is 3. The second kappa shape index (κ2) is 10.2. The maximum Gasteiger partial charge on any atom is 0.243 e. The number of aliphatic imine (C=N–C) groups is 1. The Morgan fingerprint density at radius 3 is 2.67 bits per heavy atom. The highest BCUT2D eigenvalue weighted by Crippen LogP contribution is 2.19. The topological polar surface area (TPSA) is 74.8 Å². The lowest BCUT2D eigenvalue weighted by Crippen LogP contribution is -2.41. The van der Waals surface area contributed by atoms with Gasteiger partial charge in [-0.1, -0.05) is 31.2 Å². The molecule has 0 aromatic heterocycles. The third-order valence-corrected chi connectivity index (χ3v) is 4.15. The fourth-order valence-electron chi connectivity index (χ4n) is 2.64. The smallest absolute Gasteiger partial charge is 0.243 e. The molecular formula is C21H28N4O2. The van der Waals surface area contributed by atoms with Crippen molar-refractivity contribution in [3.05, 3.63) is 59.2 Å². The van der Waals surface area contributed by atoms with Crippen LogP contribution in [0, 0.1) is 6.92 Å². The average Bonchev–Trinajstić information content (AvgIpc) is 2.68. The van der Waals surface area contributed by atoms with Crippen LogP contribution in [-0.4, -0.2) is 32.6 Å². The number of aryl methyl sites for hydroxylation is 2. The molecule has 6 nitrogen and oxygen atoms in total. The van der Waals surface area contributed by atoms with E-state index in [2.05, 4.69) is 27.9 Å². The van der Waals surface area contributed by atoms with Crippen molar-refractivity contribution in [3.8, 4) is 5.75 Å². The Bertz CT molecular complexity index is 803. The normalized spacial score (nSPS) is 11.0. The average molecular weight is 368 g/mol. The highest BCUT2D eigenvalue weighted by molar-refractivity contribution is 5.95. The number of carbonyl (C=O) groups excluding carboxylic acids is 1. The molecule has 0 radical (unpaired) electrons.